The van der Waals surface area contributed by atoms with Crippen LogP contribution in [-0.4, -0.2) is 41.6 Å². The van der Waals surface area contributed by atoms with Gasteiger partial charge in [0.2, 0.25) is 0 Å². The molecule has 5 rings (SSSR count). The summed E-state index contributed by atoms with van der Waals surface area (Å²) in [6, 6.07) is 22.1. The summed E-state index contributed by atoms with van der Waals surface area (Å²) < 4.78 is 20.2. The lowest BCUT2D eigenvalue weighted by atomic mass is 9.96. The second-order valence-corrected chi connectivity index (χ2v) is 12.7. The fraction of sp³-hybridized carbons (Fsp3) is 0.243. The van der Waals surface area contributed by atoms with Gasteiger partial charge in [-0.1, -0.05) is 44.2 Å². The van der Waals surface area contributed by atoms with Crippen LogP contribution in [0.25, 0.3) is 22.3 Å². The Morgan fingerprint density at radius 1 is 0.938 bits per heavy atom. The Morgan fingerprint density at radius 2 is 1.62 bits per heavy atom. The number of anilines is 1. The van der Waals surface area contributed by atoms with Gasteiger partial charge in [-0.3, -0.25) is 9.59 Å². The SMILES string of the molecule is CCOc1cc(C)c(-c2nc3ccccc3c(=O)n2N=Cc2cc(OCC)c(OCC(=O)Nc3ccccc3)c(Br)c2Br)cc1C(C)C. The molecular formula is C37H36Br2N4O5. The lowest BCUT2D eigenvalue weighted by molar-refractivity contribution is -0.118. The minimum atomic E-state index is -0.321. The first-order valence-corrected chi connectivity index (χ1v) is 17.2. The highest BCUT2D eigenvalue weighted by molar-refractivity contribution is 9.13. The van der Waals surface area contributed by atoms with E-state index in [4.69, 9.17) is 24.3 Å². The number of para-hydroxylation sites is 2. The van der Waals surface area contributed by atoms with E-state index < -0.39 is 0 Å². The minimum Gasteiger partial charge on any atom is -0.494 e. The molecule has 48 heavy (non-hydrogen) atoms. The monoisotopic (exact) mass is 774 g/mol. The second-order valence-electron chi connectivity index (χ2n) is 11.2. The molecule has 0 saturated carbocycles. The van der Waals surface area contributed by atoms with Gasteiger partial charge in [0.1, 0.15) is 5.75 Å². The quantitative estimate of drug-likeness (QED) is 0.127. The maximum Gasteiger partial charge on any atom is 0.282 e. The van der Waals surface area contributed by atoms with E-state index >= 15 is 0 Å². The van der Waals surface area contributed by atoms with Gasteiger partial charge in [-0.2, -0.15) is 9.78 Å². The van der Waals surface area contributed by atoms with E-state index in [2.05, 4.69) is 51.0 Å². The first-order chi connectivity index (χ1) is 23.1. The summed E-state index contributed by atoms with van der Waals surface area (Å²) in [5.41, 5.74) is 4.21. The van der Waals surface area contributed by atoms with Gasteiger partial charge in [0.25, 0.3) is 11.5 Å². The molecule has 11 heteroatoms. The van der Waals surface area contributed by atoms with Crippen LogP contribution in [0.5, 0.6) is 17.2 Å². The third kappa shape index (κ3) is 7.63. The van der Waals surface area contributed by atoms with E-state index in [9.17, 15) is 9.59 Å². The summed E-state index contributed by atoms with van der Waals surface area (Å²) in [7, 11) is 0. The van der Waals surface area contributed by atoms with Crippen LogP contribution in [0.3, 0.4) is 0 Å². The molecule has 1 N–H and O–H groups in total. The lowest BCUT2D eigenvalue weighted by Gasteiger charge is -2.18. The molecule has 0 radical (unpaired) electrons. The first-order valence-electron chi connectivity index (χ1n) is 15.6. The number of benzene rings is 4. The number of nitrogens with one attached hydrogen (secondary N) is 1. The van der Waals surface area contributed by atoms with Gasteiger partial charge in [-0.05, 0) is 112 Å². The van der Waals surface area contributed by atoms with E-state index in [0.29, 0.717) is 61.6 Å². The smallest absolute Gasteiger partial charge is 0.282 e. The van der Waals surface area contributed by atoms with Crippen molar-refractivity contribution in [1.29, 1.82) is 0 Å². The van der Waals surface area contributed by atoms with Gasteiger partial charge in [0, 0.05) is 21.3 Å². The third-order valence-electron chi connectivity index (χ3n) is 7.45. The number of amides is 1. The number of halogens is 2. The Morgan fingerprint density at radius 3 is 2.33 bits per heavy atom. The number of aryl methyl sites for hydroxylation is 1. The Kier molecular flexibility index (Phi) is 11.3. The Labute approximate surface area is 296 Å². The molecule has 0 spiro atoms. The standard InChI is InChI=1S/C37H36Br2N4O5/c1-6-46-30-17-23(5)28(19-27(30)22(3)4)36-42-29-16-12-11-15-26(29)37(45)43(36)40-20-24-18-31(47-7-2)35(34(39)33(24)38)48-21-32(44)41-25-13-9-8-10-14-25/h8-20,22H,6-7,21H2,1-5H3,(H,41,44). The van der Waals surface area contributed by atoms with Crippen LogP contribution < -0.4 is 25.1 Å². The van der Waals surface area contributed by atoms with Crippen molar-refractivity contribution >= 4 is 60.6 Å². The van der Waals surface area contributed by atoms with Crippen LogP contribution in [0.4, 0.5) is 5.69 Å². The molecule has 9 nitrogen and oxygen atoms in total. The van der Waals surface area contributed by atoms with Gasteiger partial charge in [-0.25, -0.2) is 4.98 Å². The van der Waals surface area contributed by atoms with Crippen molar-refractivity contribution in [2.75, 3.05) is 25.1 Å². The number of ether oxygens (including phenoxy) is 3. The van der Waals surface area contributed by atoms with Crippen LogP contribution in [0.1, 0.15) is 50.3 Å². The Bertz CT molecular complexity index is 2040. The van der Waals surface area contributed by atoms with Crippen molar-refractivity contribution in [2.24, 2.45) is 5.10 Å². The predicted molar refractivity (Wildman–Crippen MR) is 198 cm³/mol. The van der Waals surface area contributed by atoms with E-state index in [1.807, 2.05) is 63.2 Å². The highest BCUT2D eigenvalue weighted by atomic mass is 79.9. The molecule has 248 valence electrons. The summed E-state index contributed by atoms with van der Waals surface area (Å²) in [4.78, 5) is 31.5. The number of carbonyl (C=O) groups is 1. The van der Waals surface area contributed by atoms with Crippen molar-refractivity contribution in [3.63, 3.8) is 0 Å². The Balaban J connectivity index is 1.57. The molecular weight excluding hydrogens is 740 g/mol. The highest BCUT2D eigenvalue weighted by Crippen LogP contribution is 2.42. The molecule has 0 aliphatic rings. The van der Waals surface area contributed by atoms with Gasteiger partial charge < -0.3 is 19.5 Å². The first kappa shape index (κ1) is 34.8. The van der Waals surface area contributed by atoms with Crippen molar-refractivity contribution < 1.29 is 19.0 Å². The van der Waals surface area contributed by atoms with E-state index in [-0.39, 0.29) is 24.0 Å². The minimum absolute atomic E-state index is 0.172. The molecule has 0 aliphatic heterocycles. The zero-order valence-electron chi connectivity index (χ0n) is 27.3. The third-order valence-corrected chi connectivity index (χ3v) is 9.59. The number of nitrogens with zero attached hydrogens (tertiary/aromatic N) is 3. The van der Waals surface area contributed by atoms with Crippen LogP contribution in [-0.2, 0) is 4.79 Å². The topological polar surface area (TPSA) is 104 Å². The van der Waals surface area contributed by atoms with Crippen molar-refractivity contribution in [3.8, 4) is 28.6 Å². The van der Waals surface area contributed by atoms with E-state index in [1.165, 1.54) is 4.68 Å². The van der Waals surface area contributed by atoms with Crippen molar-refractivity contribution in [1.82, 2.24) is 9.66 Å². The molecule has 4 aromatic carbocycles. The number of hydrogen-bond acceptors (Lipinski definition) is 7. The number of fused-ring (bicyclic) bond motifs is 1. The molecule has 0 fully saturated rings. The number of rotatable bonds is 12. The van der Waals surface area contributed by atoms with Gasteiger partial charge in [-0.15, -0.1) is 0 Å². The average Bonchev–Trinajstić information content (AvgIpc) is 3.07. The summed E-state index contributed by atoms with van der Waals surface area (Å²) in [6.45, 7) is 10.6. The fourth-order valence-electron chi connectivity index (χ4n) is 5.15. The zero-order chi connectivity index (χ0) is 34.4. The molecule has 0 saturated heterocycles. The van der Waals surface area contributed by atoms with E-state index in [1.54, 1.807) is 36.5 Å². The zero-order valence-corrected chi connectivity index (χ0v) is 30.5. The van der Waals surface area contributed by atoms with Crippen molar-refractivity contribution in [2.45, 2.75) is 40.5 Å². The van der Waals surface area contributed by atoms with Gasteiger partial charge >= 0.3 is 0 Å². The normalized spacial score (nSPS) is 11.3. The average molecular weight is 777 g/mol. The molecule has 1 aromatic heterocycles. The van der Waals surface area contributed by atoms with Gasteiger partial charge in [0.15, 0.2) is 23.9 Å². The fourth-order valence-corrected chi connectivity index (χ4v) is 6.08. The van der Waals surface area contributed by atoms with E-state index in [0.717, 1.165) is 22.4 Å². The van der Waals surface area contributed by atoms with Crippen LogP contribution in [0, 0.1) is 6.92 Å². The molecule has 1 heterocycles. The number of carbonyl (C=O) groups excluding carboxylic acids is 1. The summed E-state index contributed by atoms with van der Waals surface area (Å²) in [5.74, 6) is 1.81. The lowest BCUT2D eigenvalue weighted by Crippen LogP contribution is -2.21. The predicted octanol–water partition coefficient (Wildman–Crippen LogP) is 8.72. The van der Waals surface area contributed by atoms with Crippen LogP contribution in [0.15, 0.2) is 91.6 Å². The maximum atomic E-state index is 14.0. The molecule has 5 aromatic rings. The Hall–Kier alpha value is -4.48. The van der Waals surface area contributed by atoms with Gasteiger partial charge in [0.05, 0.1) is 34.8 Å². The van der Waals surface area contributed by atoms with Crippen LogP contribution in [0.2, 0.25) is 0 Å². The molecule has 1 amide bonds. The molecule has 0 unspecified atom stereocenters. The largest absolute Gasteiger partial charge is 0.494 e. The van der Waals surface area contributed by atoms with Crippen LogP contribution >= 0.6 is 31.9 Å². The second kappa shape index (κ2) is 15.6. The molecule has 0 bridgehead atoms. The summed E-state index contributed by atoms with van der Waals surface area (Å²) in [5, 5.41) is 7.96. The number of aromatic nitrogens is 2. The highest BCUT2D eigenvalue weighted by Gasteiger charge is 2.21. The number of hydrogen-bond donors (Lipinski definition) is 1. The molecule has 0 atom stereocenters. The molecule has 0 aliphatic carbocycles. The summed E-state index contributed by atoms with van der Waals surface area (Å²) in [6.07, 6.45) is 1.57. The maximum absolute atomic E-state index is 14.0. The van der Waals surface area contributed by atoms with Crippen molar-refractivity contribution in [3.05, 3.63) is 109 Å². The summed E-state index contributed by atoms with van der Waals surface area (Å²) >= 11 is 7.25.